The molecule has 0 atom stereocenters. The van der Waals surface area contributed by atoms with Crippen molar-refractivity contribution in [3.63, 3.8) is 0 Å². The zero-order valence-electron chi connectivity index (χ0n) is 18.0. The predicted octanol–water partition coefficient (Wildman–Crippen LogP) is 3.74. The normalized spacial score (nSPS) is 13.8. The molecule has 1 saturated heterocycles. The molecule has 1 fully saturated rings. The number of hydrogen-bond acceptors (Lipinski definition) is 7. The third kappa shape index (κ3) is 4.56. The molecule has 2 aromatic carbocycles. The Morgan fingerprint density at radius 3 is 2.28 bits per heavy atom. The Morgan fingerprint density at radius 2 is 1.72 bits per heavy atom. The van der Waals surface area contributed by atoms with Crippen molar-refractivity contribution in [2.75, 3.05) is 31.1 Å². The topological polar surface area (TPSA) is 102 Å². The van der Waals surface area contributed by atoms with Crippen LogP contribution in [0.4, 0.5) is 11.4 Å². The number of ether oxygens (including phenoxy) is 1. The van der Waals surface area contributed by atoms with Crippen molar-refractivity contribution in [2.45, 2.75) is 20.5 Å². The number of aromatic nitrogens is 1. The molecule has 0 saturated carbocycles. The summed E-state index contributed by atoms with van der Waals surface area (Å²) in [7, 11) is 0. The monoisotopic (exact) mass is 436 g/mol. The minimum absolute atomic E-state index is 0.0226. The minimum Gasteiger partial charge on any atom is -0.489 e. The molecule has 0 unspecified atom stereocenters. The van der Waals surface area contributed by atoms with Gasteiger partial charge in [-0.2, -0.15) is 0 Å². The maximum Gasteiger partial charge on any atom is 0.269 e. The van der Waals surface area contributed by atoms with Crippen LogP contribution in [0, 0.1) is 24.0 Å². The summed E-state index contributed by atoms with van der Waals surface area (Å²) in [5.74, 6) is 1.39. The van der Waals surface area contributed by atoms with Crippen LogP contribution in [0.2, 0.25) is 0 Å². The number of aryl methyl sites for hydroxylation is 2. The Bertz CT molecular complexity index is 1080. The molecule has 4 rings (SSSR count). The fourth-order valence-corrected chi connectivity index (χ4v) is 3.69. The van der Waals surface area contributed by atoms with E-state index in [0.29, 0.717) is 44.1 Å². The largest absolute Gasteiger partial charge is 0.489 e. The molecular weight excluding hydrogens is 412 g/mol. The first kappa shape index (κ1) is 21.4. The summed E-state index contributed by atoms with van der Waals surface area (Å²) in [5.41, 5.74) is 3.33. The van der Waals surface area contributed by atoms with Crippen molar-refractivity contribution in [2.24, 2.45) is 0 Å². The van der Waals surface area contributed by atoms with Crippen LogP contribution in [-0.4, -0.2) is 47.1 Å². The molecule has 1 aliphatic rings. The van der Waals surface area contributed by atoms with E-state index in [2.05, 4.69) is 10.1 Å². The highest BCUT2D eigenvalue weighted by molar-refractivity contribution is 5.94. The second-order valence-electron chi connectivity index (χ2n) is 7.67. The van der Waals surface area contributed by atoms with Crippen LogP contribution in [0.25, 0.3) is 0 Å². The van der Waals surface area contributed by atoms with Crippen molar-refractivity contribution in [1.29, 1.82) is 0 Å². The average Bonchev–Trinajstić information content (AvgIpc) is 3.15. The molecule has 9 heteroatoms. The van der Waals surface area contributed by atoms with Gasteiger partial charge in [0.2, 0.25) is 0 Å². The molecule has 32 heavy (non-hydrogen) atoms. The molecule has 0 spiro atoms. The molecule has 2 heterocycles. The van der Waals surface area contributed by atoms with Gasteiger partial charge in [-0.25, -0.2) is 0 Å². The van der Waals surface area contributed by atoms with Gasteiger partial charge < -0.3 is 19.1 Å². The van der Waals surface area contributed by atoms with Crippen LogP contribution < -0.4 is 9.64 Å². The van der Waals surface area contributed by atoms with Gasteiger partial charge in [-0.05, 0) is 50.2 Å². The molecular formula is C23H24N4O5. The smallest absolute Gasteiger partial charge is 0.269 e. The fourth-order valence-electron chi connectivity index (χ4n) is 3.69. The zero-order valence-corrected chi connectivity index (χ0v) is 18.0. The van der Waals surface area contributed by atoms with E-state index in [1.54, 1.807) is 36.4 Å². The van der Waals surface area contributed by atoms with Crippen LogP contribution in [0.3, 0.4) is 0 Å². The highest BCUT2D eigenvalue weighted by Gasteiger charge is 2.23. The molecule has 0 radical (unpaired) electrons. The first-order valence-electron chi connectivity index (χ1n) is 10.4. The van der Waals surface area contributed by atoms with Gasteiger partial charge in [0.05, 0.1) is 16.2 Å². The number of amides is 1. The van der Waals surface area contributed by atoms with E-state index in [4.69, 9.17) is 9.26 Å². The van der Waals surface area contributed by atoms with Gasteiger partial charge in [0.15, 0.2) is 0 Å². The third-order valence-electron chi connectivity index (χ3n) is 5.66. The van der Waals surface area contributed by atoms with Gasteiger partial charge >= 0.3 is 0 Å². The van der Waals surface area contributed by atoms with Crippen LogP contribution >= 0.6 is 0 Å². The number of nitro benzene ring substituents is 1. The van der Waals surface area contributed by atoms with Gasteiger partial charge in [0.1, 0.15) is 18.1 Å². The van der Waals surface area contributed by atoms with Gasteiger partial charge in [-0.3, -0.25) is 14.9 Å². The number of non-ortho nitro benzene ring substituents is 1. The van der Waals surface area contributed by atoms with Crippen LogP contribution in [-0.2, 0) is 6.61 Å². The van der Waals surface area contributed by atoms with E-state index in [-0.39, 0.29) is 11.6 Å². The highest BCUT2D eigenvalue weighted by Crippen LogP contribution is 2.22. The van der Waals surface area contributed by atoms with E-state index < -0.39 is 4.92 Å². The number of nitro groups is 1. The quantitative estimate of drug-likeness (QED) is 0.428. The van der Waals surface area contributed by atoms with Crippen LogP contribution in [0.1, 0.15) is 27.4 Å². The maximum absolute atomic E-state index is 12.9. The summed E-state index contributed by atoms with van der Waals surface area (Å²) in [6, 6.07) is 13.6. The van der Waals surface area contributed by atoms with E-state index >= 15 is 0 Å². The lowest BCUT2D eigenvalue weighted by molar-refractivity contribution is -0.384. The molecule has 1 aromatic heterocycles. The summed E-state index contributed by atoms with van der Waals surface area (Å²) in [4.78, 5) is 27.2. The summed E-state index contributed by atoms with van der Waals surface area (Å²) in [5, 5.41) is 14.7. The van der Waals surface area contributed by atoms with Gasteiger partial charge in [0.25, 0.3) is 11.6 Å². The Hall–Kier alpha value is -3.88. The van der Waals surface area contributed by atoms with Crippen molar-refractivity contribution >= 4 is 17.3 Å². The van der Waals surface area contributed by atoms with Crippen LogP contribution in [0.15, 0.2) is 53.1 Å². The van der Waals surface area contributed by atoms with E-state index in [9.17, 15) is 14.9 Å². The lowest BCUT2D eigenvalue weighted by Crippen LogP contribution is -2.48. The van der Waals surface area contributed by atoms with E-state index in [0.717, 1.165) is 22.7 Å². The van der Waals surface area contributed by atoms with Crippen molar-refractivity contribution in [3.05, 3.63) is 81.2 Å². The summed E-state index contributed by atoms with van der Waals surface area (Å²) >= 11 is 0. The third-order valence-corrected chi connectivity index (χ3v) is 5.66. The lowest BCUT2D eigenvalue weighted by atomic mass is 10.1. The first-order chi connectivity index (χ1) is 15.4. The second-order valence-corrected chi connectivity index (χ2v) is 7.67. The molecule has 0 aliphatic carbocycles. The molecule has 0 N–H and O–H groups in total. The highest BCUT2D eigenvalue weighted by atomic mass is 16.6. The SMILES string of the molecule is Cc1noc(C)c1COc1ccc(C(=O)N2CCN(c3ccc([N+](=O)[O-])cc3)CC2)cc1. The number of carbonyl (C=O) groups excluding carboxylic acids is 1. The summed E-state index contributed by atoms with van der Waals surface area (Å²) < 4.78 is 10.9. The molecule has 166 valence electrons. The van der Waals surface area contributed by atoms with Gasteiger partial charge in [-0.15, -0.1) is 0 Å². The number of benzene rings is 2. The van der Waals surface area contributed by atoms with Crippen molar-refractivity contribution in [1.82, 2.24) is 10.1 Å². The molecule has 1 amide bonds. The molecule has 3 aromatic rings. The fraction of sp³-hybridized carbons (Fsp3) is 0.304. The first-order valence-corrected chi connectivity index (χ1v) is 10.4. The number of carbonyl (C=O) groups is 1. The Kier molecular flexibility index (Phi) is 6.07. The number of rotatable bonds is 6. The molecule has 1 aliphatic heterocycles. The number of nitrogens with zero attached hydrogens (tertiary/aromatic N) is 4. The van der Waals surface area contributed by atoms with Crippen molar-refractivity contribution < 1.29 is 19.0 Å². The number of hydrogen-bond donors (Lipinski definition) is 0. The molecule has 9 nitrogen and oxygen atoms in total. The minimum atomic E-state index is -0.409. The van der Waals surface area contributed by atoms with E-state index in [1.807, 2.05) is 18.7 Å². The number of piperazine rings is 1. The van der Waals surface area contributed by atoms with E-state index in [1.165, 1.54) is 12.1 Å². The molecule has 0 bridgehead atoms. The van der Waals surface area contributed by atoms with Crippen LogP contribution in [0.5, 0.6) is 5.75 Å². The maximum atomic E-state index is 12.9. The van der Waals surface area contributed by atoms with Crippen molar-refractivity contribution in [3.8, 4) is 5.75 Å². The predicted molar refractivity (Wildman–Crippen MR) is 118 cm³/mol. The summed E-state index contributed by atoms with van der Waals surface area (Å²) in [6.07, 6.45) is 0. The van der Waals surface area contributed by atoms with Gasteiger partial charge in [-0.1, -0.05) is 5.16 Å². The Morgan fingerprint density at radius 1 is 1.06 bits per heavy atom. The number of anilines is 1. The Labute approximate surface area is 185 Å². The lowest BCUT2D eigenvalue weighted by Gasteiger charge is -2.36. The van der Waals surface area contributed by atoms with Gasteiger partial charge in [0, 0.05) is 49.6 Å². The average molecular weight is 436 g/mol. The standard InChI is InChI=1S/C23H24N4O5/c1-16-22(17(2)32-24-16)15-31-21-9-3-18(4-10-21)23(28)26-13-11-25(12-14-26)19-5-7-20(8-6-19)27(29)30/h3-10H,11-15H2,1-2H3. The summed E-state index contributed by atoms with van der Waals surface area (Å²) in [6.45, 7) is 6.59. The Balaban J connectivity index is 1.31. The second kappa shape index (κ2) is 9.09. The zero-order chi connectivity index (χ0) is 22.7.